The highest BCUT2D eigenvalue weighted by Crippen LogP contribution is 2.26. The molecule has 5 nitrogen and oxygen atoms in total. The first kappa shape index (κ1) is 14.0. The van der Waals surface area contributed by atoms with Crippen molar-refractivity contribution in [3.8, 4) is 11.4 Å². The number of hydrogen-bond donors (Lipinski definition) is 0. The van der Waals surface area contributed by atoms with E-state index in [1.165, 1.54) is 4.68 Å². The topological polar surface area (TPSA) is 57.0 Å². The van der Waals surface area contributed by atoms with E-state index in [0.29, 0.717) is 10.8 Å². The van der Waals surface area contributed by atoms with Crippen LogP contribution in [0.25, 0.3) is 11.4 Å². The Morgan fingerprint density at radius 1 is 1.47 bits per heavy atom. The number of halogens is 2. The lowest BCUT2D eigenvalue weighted by Crippen LogP contribution is -2.07. The summed E-state index contributed by atoms with van der Waals surface area (Å²) in [6.45, 7) is 2.02. The van der Waals surface area contributed by atoms with Gasteiger partial charge in [-0.2, -0.15) is 0 Å². The zero-order valence-corrected chi connectivity index (χ0v) is 12.7. The van der Waals surface area contributed by atoms with Gasteiger partial charge in [-0.1, -0.05) is 27.5 Å². The molecule has 0 radical (unpaired) electrons. The second-order valence-electron chi connectivity index (χ2n) is 3.76. The average molecular weight is 345 g/mol. The second kappa shape index (κ2) is 5.71. The Bertz CT molecular complexity index is 607. The molecule has 0 amide bonds. The Hall–Kier alpha value is -1.40. The molecule has 0 saturated heterocycles. The lowest BCUT2D eigenvalue weighted by Gasteiger charge is -2.01. The number of rotatable bonds is 3. The predicted octanol–water partition coefficient (Wildman–Crippen LogP) is 3.07. The molecule has 19 heavy (non-hydrogen) atoms. The first-order valence-electron chi connectivity index (χ1n) is 5.56. The fourth-order valence-corrected chi connectivity index (χ4v) is 2.46. The van der Waals surface area contributed by atoms with E-state index in [-0.39, 0.29) is 12.4 Å². The van der Waals surface area contributed by atoms with Crippen molar-refractivity contribution in [3.63, 3.8) is 0 Å². The molecule has 2 aromatic rings. The number of aryl methyl sites for hydroxylation is 1. The standard InChI is InChI=1S/C12H11BrClN3O2/c1-3-19-12(18)10-15-11(17(2)16-10)7-4-8(13)6-9(14)5-7/h4-6H,3H2,1-2H3. The van der Waals surface area contributed by atoms with Gasteiger partial charge in [0.25, 0.3) is 5.82 Å². The van der Waals surface area contributed by atoms with Crippen LogP contribution in [0, 0.1) is 0 Å². The van der Waals surface area contributed by atoms with Gasteiger partial charge >= 0.3 is 5.97 Å². The highest BCUT2D eigenvalue weighted by molar-refractivity contribution is 9.10. The van der Waals surface area contributed by atoms with Crippen LogP contribution in [0.4, 0.5) is 0 Å². The van der Waals surface area contributed by atoms with Gasteiger partial charge < -0.3 is 4.74 Å². The van der Waals surface area contributed by atoms with E-state index in [0.717, 1.165) is 10.0 Å². The first-order chi connectivity index (χ1) is 9.01. The Morgan fingerprint density at radius 3 is 2.84 bits per heavy atom. The monoisotopic (exact) mass is 343 g/mol. The molecule has 0 atom stereocenters. The van der Waals surface area contributed by atoms with Crippen molar-refractivity contribution in [3.05, 3.63) is 33.5 Å². The molecule has 0 fully saturated rings. The molecule has 1 heterocycles. The Balaban J connectivity index is 2.42. The minimum atomic E-state index is -0.537. The van der Waals surface area contributed by atoms with Gasteiger partial charge in [-0.25, -0.2) is 14.5 Å². The maximum atomic E-state index is 11.6. The van der Waals surface area contributed by atoms with Crippen molar-refractivity contribution >= 4 is 33.5 Å². The Morgan fingerprint density at radius 2 is 2.21 bits per heavy atom. The number of carbonyl (C=O) groups excluding carboxylic acids is 1. The van der Waals surface area contributed by atoms with Crippen molar-refractivity contribution in [1.29, 1.82) is 0 Å². The lowest BCUT2D eigenvalue weighted by molar-refractivity contribution is 0.0512. The molecule has 1 aromatic carbocycles. The van der Waals surface area contributed by atoms with Crippen LogP contribution in [0.5, 0.6) is 0 Å². The molecule has 0 spiro atoms. The van der Waals surface area contributed by atoms with Crippen LogP contribution in [0.2, 0.25) is 5.02 Å². The maximum absolute atomic E-state index is 11.6. The molecule has 0 saturated carbocycles. The zero-order chi connectivity index (χ0) is 14.0. The summed E-state index contributed by atoms with van der Waals surface area (Å²) in [7, 11) is 1.71. The van der Waals surface area contributed by atoms with Crippen molar-refractivity contribution in [1.82, 2.24) is 14.8 Å². The summed E-state index contributed by atoms with van der Waals surface area (Å²) in [4.78, 5) is 15.8. The van der Waals surface area contributed by atoms with Gasteiger partial charge in [0.05, 0.1) is 6.61 Å². The van der Waals surface area contributed by atoms with Crippen LogP contribution in [0.15, 0.2) is 22.7 Å². The minimum absolute atomic E-state index is 0.0375. The van der Waals surface area contributed by atoms with Crippen LogP contribution in [-0.2, 0) is 11.8 Å². The van der Waals surface area contributed by atoms with Crippen LogP contribution in [0.3, 0.4) is 0 Å². The quantitative estimate of drug-likeness (QED) is 0.803. The third-order valence-corrected chi connectivity index (χ3v) is 3.02. The summed E-state index contributed by atoms with van der Waals surface area (Å²) in [5.41, 5.74) is 0.768. The van der Waals surface area contributed by atoms with Gasteiger partial charge in [0.15, 0.2) is 5.82 Å². The van der Waals surface area contributed by atoms with Gasteiger partial charge in [0.2, 0.25) is 0 Å². The van der Waals surface area contributed by atoms with Gasteiger partial charge in [0.1, 0.15) is 0 Å². The molecule has 0 N–H and O–H groups in total. The molecule has 0 aliphatic heterocycles. The summed E-state index contributed by atoms with van der Waals surface area (Å²) in [5.74, 6) is 0.0483. The molecular weight excluding hydrogens is 334 g/mol. The predicted molar refractivity (Wildman–Crippen MR) is 75.1 cm³/mol. The van der Waals surface area contributed by atoms with E-state index in [4.69, 9.17) is 16.3 Å². The second-order valence-corrected chi connectivity index (χ2v) is 5.11. The zero-order valence-electron chi connectivity index (χ0n) is 10.4. The number of benzene rings is 1. The number of esters is 1. The van der Waals surface area contributed by atoms with E-state index in [1.54, 1.807) is 26.1 Å². The van der Waals surface area contributed by atoms with E-state index < -0.39 is 5.97 Å². The molecule has 7 heteroatoms. The number of hydrogen-bond acceptors (Lipinski definition) is 4. The molecule has 0 aliphatic rings. The average Bonchev–Trinajstić information content (AvgIpc) is 2.70. The van der Waals surface area contributed by atoms with E-state index in [1.807, 2.05) is 6.07 Å². The molecule has 0 aliphatic carbocycles. The van der Waals surface area contributed by atoms with Crippen molar-refractivity contribution in [2.24, 2.45) is 7.05 Å². The largest absolute Gasteiger partial charge is 0.460 e. The molecule has 1 aromatic heterocycles. The fourth-order valence-electron chi connectivity index (χ4n) is 1.60. The summed E-state index contributed by atoms with van der Waals surface area (Å²) in [6.07, 6.45) is 0. The molecular formula is C12H11BrClN3O2. The number of aromatic nitrogens is 3. The smallest absolute Gasteiger partial charge is 0.378 e. The van der Waals surface area contributed by atoms with Gasteiger partial charge in [0, 0.05) is 22.1 Å². The molecule has 0 bridgehead atoms. The van der Waals surface area contributed by atoms with E-state index in [2.05, 4.69) is 26.0 Å². The van der Waals surface area contributed by atoms with E-state index in [9.17, 15) is 4.79 Å². The van der Waals surface area contributed by atoms with Crippen LogP contribution in [0.1, 0.15) is 17.5 Å². The van der Waals surface area contributed by atoms with E-state index >= 15 is 0 Å². The van der Waals surface area contributed by atoms with Gasteiger partial charge in [-0.3, -0.25) is 0 Å². The van der Waals surface area contributed by atoms with Gasteiger partial charge in [-0.05, 0) is 25.1 Å². The van der Waals surface area contributed by atoms with Crippen molar-refractivity contribution in [2.75, 3.05) is 6.61 Å². The van der Waals surface area contributed by atoms with Crippen molar-refractivity contribution < 1.29 is 9.53 Å². The van der Waals surface area contributed by atoms with Crippen LogP contribution < -0.4 is 0 Å². The Labute approximate surface area is 123 Å². The normalized spacial score (nSPS) is 10.5. The van der Waals surface area contributed by atoms with Crippen LogP contribution in [-0.4, -0.2) is 27.3 Å². The fraction of sp³-hybridized carbons (Fsp3) is 0.250. The molecule has 0 unspecified atom stereocenters. The third kappa shape index (κ3) is 3.13. The highest BCUT2D eigenvalue weighted by atomic mass is 79.9. The SMILES string of the molecule is CCOC(=O)c1nc(-c2cc(Cl)cc(Br)c2)n(C)n1. The number of nitrogens with zero attached hydrogens (tertiary/aromatic N) is 3. The maximum Gasteiger partial charge on any atom is 0.378 e. The summed E-state index contributed by atoms with van der Waals surface area (Å²) < 4.78 is 7.21. The number of ether oxygens (including phenoxy) is 1. The third-order valence-electron chi connectivity index (χ3n) is 2.34. The summed E-state index contributed by atoms with van der Waals surface area (Å²) in [6, 6.07) is 5.38. The van der Waals surface area contributed by atoms with Crippen LogP contribution >= 0.6 is 27.5 Å². The summed E-state index contributed by atoms with van der Waals surface area (Å²) >= 11 is 9.35. The Kier molecular flexibility index (Phi) is 4.21. The highest BCUT2D eigenvalue weighted by Gasteiger charge is 2.17. The van der Waals surface area contributed by atoms with Crippen molar-refractivity contribution in [2.45, 2.75) is 6.92 Å². The van der Waals surface area contributed by atoms with Gasteiger partial charge in [-0.15, -0.1) is 5.10 Å². The molecule has 2 rings (SSSR count). The first-order valence-corrected chi connectivity index (χ1v) is 6.73. The number of carbonyl (C=O) groups is 1. The molecule has 100 valence electrons. The lowest BCUT2D eigenvalue weighted by atomic mass is 10.2. The summed E-state index contributed by atoms with van der Waals surface area (Å²) in [5, 5.41) is 4.61. The minimum Gasteiger partial charge on any atom is -0.460 e.